The summed E-state index contributed by atoms with van der Waals surface area (Å²) >= 11 is 0. The van der Waals surface area contributed by atoms with Crippen LogP contribution in [-0.4, -0.2) is 52.6 Å². The number of benzene rings is 3. The zero-order valence-corrected chi connectivity index (χ0v) is 20.8. The van der Waals surface area contributed by atoms with Crippen molar-refractivity contribution in [3.05, 3.63) is 89.2 Å². The van der Waals surface area contributed by atoms with Gasteiger partial charge in [-0.2, -0.15) is 0 Å². The standard InChI is InChI=1S/C29H27NO8/c1-29(2)21-12-17(36-15-23(33)22(32)14-31)8-10-19(21)26(34)25-20-11-9-18(13-24(20)38-27(25)29)37-28(35)30-16-6-4-3-5-7-16/h3-13,22-23,31-33H,14-15H2,1-2H3,(H,30,35)/t22?,23-/m1/s1. The molecule has 4 N–H and O–H groups in total. The van der Waals surface area contributed by atoms with E-state index in [0.29, 0.717) is 44.9 Å². The van der Waals surface area contributed by atoms with E-state index in [1.807, 2.05) is 19.9 Å². The van der Waals surface area contributed by atoms with Gasteiger partial charge in [0.2, 0.25) is 0 Å². The van der Waals surface area contributed by atoms with Crippen LogP contribution < -0.4 is 14.8 Å². The third-order valence-electron chi connectivity index (χ3n) is 6.65. The van der Waals surface area contributed by atoms with Crippen molar-refractivity contribution >= 4 is 28.5 Å². The van der Waals surface area contributed by atoms with E-state index in [2.05, 4.69) is 5.32 Å². The maximum atomic E-state index is 13.5. The van der Waals surface area contributed by atoms with Crippen molar-refractivity contribution in [3.63, 3.8) is 0 Å². The molecule has 3 aromatic carbocycles. The summed E-state index contributed by atoms with van der Waals surface area (Å²) in [5.41, 5.74) is 1.92. The highest BCUT2D eigenvalue weighted by atomic mass is 16.6. The molecule has 5 rings (SSSR count). The zero-order valence-electron chi connectivity index (χ0n) is 20.8. The van der Waals surface area contributed by atoms with Gasteiger partial charge in [0.1, 0.15) is 41.7 Å². The minimum atomic E-state index is -1.32. The van der Waals surface area contributed by atoms with E-state index >= 15 is 0 Å². The molecule has 2 atom stereocenters. The number of fused-ring (bicyclic) bond motifs is 4. The number of hydrogen-bond donors (Lipinski definition) is 4. The second kappa shape index (κ2) is 9.94. The van der Waals surface area contributed by atoms with E-state index in [0.717, 1.165) is 0 Å². The highest BCUT2D eigenvalue weighted by Gasteiger charge is 2.42. The lowest BCUT2D eigenvalue weighted by molar-refractivity contribution is -0.0339. The Morgan fingerprint density at radius 2 is 1.74 bits per heavy atom. The number of hydrogen-bond acceptors (Lipinski definition) is 8. The fourth-order valence-electron chi connectivity index (χ4n) is 4.58. The van der Waals surface area contributed by atoms with Gasteiger partial charge in [-0.15, -0.1) is 0 Å². The molecule has 1 aliphatic carbocycles. The van der Waals surface area contributed by atoms with Gasteiger partial charge in [0.15, 0.2) is 5.78 Å². The SMILES string of the molecule is CC1(C)c2cc(OC[C@@H](O)C(O)CO)ccc2C(=O)c2c1oc1cc(OC(=O)Nc3ccccc3)ccc21. The first kappa shape index (κ1) is 25.5. The number of carbonyl (C=O) groups is 2. The maximum Gasteiger partial charge on any atom is 0.417 e. The van der Waals surface area contributed by atoms with Crippen LogP contribution in [0.3, 0.4) is 0 Å². The number of aliphatic hydroxyl groups excluding tert-OH is 3. The smallest absolute Gasteiger partial charge is 0.417 e. The maximum absolute atomic E-state index is 13.5. The molecule has 0 saturated heterocycles. The van der Waals surface area contributed by atoms with Crippen molar-refractivity contribution in [2.75, 3.05) is 18.5 Å². The van der Waals surface area contributed by atoms with Crippen LogP contribution in [0.4, 0.5) is 10.5 Å². The van der Waals surface area contributed by atoms with Crippen molar-refractivity contribution in [2.24, 2.45) is 0 Å². The number of furan rings is 1. The minimum absolute atomic E-state index is 0.203. The number of ether oxygens (including phenoxy) is 2. The van der Waals surface area contributed by atoms with Crippen LogP contribution in [-0.2, 0) is 5.41 Å². The van der Waals surface area contributed by atoms with Crippen LogP contribution in [0.25, 0.3) is 11.0 Å². The van der Waals surface area contributed by atoms with Crippen LogP contribution in [0.1, 0.15) is 41.1 Å². The predicted molar refractivity (Wildman–Crippen MR) is 139 cm³/mol. The summed E-state index contributed by atoms with van der Waals surface area (Å²) in [6, 6.07) is 18.8. The molecule has 1 unspecified atom stereocenters. The van der Waals surface area contributed by atoms with Gasteiger partial charge in [-0.25, -0.2) is 4.79 Å². The Morgan fingerprint density at radius 3 is 2.47 bits per heavy atom. The van der Waals surface area contributed by atoms with E-state index in [1.54, 1.807) is 60.7 Å². The quantitative estimate of drug-likeness (QED) is 0.289. The molecule has 0 radical (unpaired) electrons. The Balaban J connectivity index is 1.42. The highest BCUT2D eigenvalue weighted by Crippen LogP contribution is 2.46. The summed E-state index contributed by atoms with van der Waals surface area (Å²) in [5, 5.41) is 31.7. The zero-order chi connectivity index (χ0) is 27.0. The molecule has 0 spiro atoms. The van der Waals surface area contributed by atoms with Crippen LogP contribution in [0.15, 0.2) is 71.1 Å². The largest absolute Gasteiger partial charge is 0.491 e. The molecule has 1 amide bonds. The number of nitrogens with one attached hydrogen (secondary N) is 1. The number of rotatable bonds is 7. The number of carbonyl (C=O) groups excluding carboxylic acids is 2. The second-order valence-corrected chi connectivity index (χ2v) is 9.63. The molecule has 1 aliphatic rings. The van der Waals surface area contributed by atoms with Gasteiger partial charge in [0.05, 0.1) is 12.2 Å². The van der Waals surface area contributed by atoms with Gasteiger partial charge >= 0.3 is 6.09 Å². The van der Waals surface area contributed by atoms with Gasteiger partial charge in [-0.05, 0) is 61.9 Å². The lowest BCUT2D eigenvalue weighted by atomic mass is 9.71. The Bertz CT molecular complexity index is 1510. The van der Waals surface area contributed by atoms with Crippen LogP contribution >= 0.6 is 0 Å². The summed E-state index contributed by atoms with van der Waals surface area (Å²) in [6.45, 7) is 3.04. The second-order valence-electron chi connectivity index (χ2n) is 9.63. The molecule has 0 bridgehead atoms. The van der Waals surface area contributed by atoms with Crippen molar-refractivity contribution in [1.82, 2.24) is 0 Å². The average Bonchev–Trinajstić information content (AvgIpc) is 3.30. The summed E-state index contributed by atoms with van der Waals surface area (Å²) < 4.78 is 17.2. The predicted octanol–water partition coefficient (Wildman–Crippen LogP) is 4.01. The lowest BCUT2D eigenvalue weighted by Crippen LogP contribution is -2.34. The number of para-hydroxylation sites is 1. The number of anilines is 1. The normalized spacial score (nSPS) is 15.3. The Morgan fingerprint density at radius 1 is 1.00 bits per heavy atom. The topological polar surface area (TPSA) is 138 Å². The summed E-state index contributed by atoms with van der Waals surface area (Å²) in [6.07, 6.45) is -3.24. The molecule has 196 valence electrons. The molecule has 9 heteroatoms. The van der Waals surface area contributed by atoms with Crippen molar-refractivity contribution in [2.45, 2.75) is 31.5 Å². The third kappa shape index (κ3) is 4.63. The first-order valence-corrected chi connectivity index (χ1v) is 12.1. The fraction of sp³-hybridized carbons (Fsp3) is 0.241. The molecule has 4 aromatic rings. The van der Waals surface area contributed by atoms with Gasteiger partial charge in [-0.3, -0.25) is 10.1 Å². The Kier molecular flexibility index (Phi) is 6.66. The monoisotopic (exact) mass is 517 g/mol. The first-order chi connectivity index (χ1) is 18.2. The van der Waals surface area contributed by atoms with Crippen LogP contribution in [0, 0.1) is 0 Å². The lowest BCUT2D eigenvalue weighted by Gasteiger charge is -2.31. The van der Waals surface area contributed by atoms with Gasteiger partial charge < -0.3 is 29.2 Å². The molecular formula is C29H27NO8. The first-order valence-electron chi connectivity index (χ1n) is 12.1. The molecule has 0 fully saturated rings. The summed E-state index contributed by atoms with van der Waals surface area (Å²) in [4.78, 5) is 25.9. The van der Waals surface area contributed by atoms with Gasteiger partial charge in [0, 0.05) is 28.1 Å². The summed E-state index contributed by atoms with van der Waals surface area (Å²) in [5.74, 6) is 0.933. The minimum Gasteiger partial charge on any atom is -0.491 e. The molecule has 1 heterocycles. The van der Waals surface area contributed by atoms with Crippen molar-refractivity contribution < 1.29 is 38.8 Å². The third-order valence-corrected chi connectivity index (χ3v) is 6.65. The van der Waals surface area contributed by atoms with E-state index < -0.39 is 30.3 Å². The van der Waals surface area contributed by atoms with Crippen LogP contribution in [0.2, 0.25) is 0 Å². The van der Waals surface area contributed by atoms with Gasteiger partial charge in [0.25, 0.3) is 0 Å². The molecule has 0 saturated carbocycles. The van der Waals surface area contributed by atoms with Crippen LogP contribution in [0.5, 0.6) is 11.5 Å². The molecule has 38 heavy (non-hydrogen) atoms. The van der Waals surface area contributed by atoms with E-state index in [4.69, 9.17) is 19.0 Å². The number of aliphatic hydroxyl groups is 3. The van der Waals surface area contributed by atoms with Crippen molar-refractivity contribution in [1.29, 1.82) is 0 Å². The fourth-order valence-corrected chi connectivity index (χ4v) is 4.58. The highest BCUT2D eigenvalue weighted by molar-refractivity contribution is 6.19. The molecule has 1 aromatic heterocycles. The molecule has 0 aliphatic heterocycles. The van der Waals surface area contributed by atoms with E-state index in [-0.39, 0.29) is 18.1 Å². The number of amides is 1. The van der Waals surface area contributed by atoms with E-state index in [1.165, 1.54) is 0 Å². The summed E-state index contributed by atoms with van der Waals surface area (Å²) in [7, 11) is 0. The van der Waals surface area contributed by atoms with E-state index in [9.17, 15) is 19.8 Å². The Labute approximate surface area is 218 Å². The van der Waals surface area contributed by atoms with Crippen molar-refractivity contribution in [3.8, 4) is 11.5 Å². The molecule has 9 nitrogen and oxygen atoms in total. The van der Waals surface area contributed by atoms with Gasteiger partial charge in [-0.1, -0.05) is 18.2 Å². The average molecular weight is 518 g/mol. The molecular weight excluding hydrogens is 490 g/mol. The number of ketones is 1. The Hall–Kier alpha value is -4.18.